The number of amides is 1. The fourth-order valence-electron chi connectivity index (χ4n) is 3.45. The molecular weight excluding hydrogens is 413 g/mol. The van der Waals surface area contributed by atoms with Crippen LogP contribution < -0.4 is 4.72 Å². The zero-order valence-corrected chi connectivity index (χ0v) is 18.0. The van der Waals surface area contributed by atoms with Crippen molar-refractivity contribution in [3.63, 3.8) is 0 Å². The van der Waals surface area contributed by atoms with E-state index in [4.69, 9.17) is 0 Å². The molecule has 0 saturated carbocycles. The fourth-order valence-corrected chi connectivity index (χ4v) is 5.33. The lowest BCUT2D eigenvalue weighted by atomic mass is 9.97. The van der Waals surface area contributed by atoms with Crippen molar-refractivity contribution in [1.29, 1.82) is 0 Å². The fraction of sp³-hybridized carbons (Fsp3) is 0.400. The summed E-state index contributed by atoms with van der Waals surface area (Å²) in [7, 11) is -3.70. The predicted molar refractivity (Wildman–Crippen MR) is 111 cm³/mol. The molecule has 1 amide bonds. The molecule has 0 radical (unpaired) electrons. The zero-order valence-electron chi connectivity index (χ0n) is 16.4. The van der Waals surface area contributed by atoms with Crippen molar-refractivity contribution in [2.24, 2.45) is 5.92 Å². The van der Waals surface area contributed by atoms with E-state index >= 15 is 0 Å². The monoisotopic (exact) mass is 437 g/mol. The van der Waals surface area contributed by atoms with Gasteiger partial charge in [0.15, 0.2) is 0 Å². The molecule has 29 heavy (non-hydrogen) atoms. The lowest BCUT2D eigenvalue weighted by molar-refractivity contribution is 0.0687. The molecule has 6 nitrogen and oxygen atoms in total. The highest BCUT2D eigenvalue weighted by Gasteiger charge is 2.26. The Labute approximate surface area is 175 Å². The number of pyridine rings is 1. The summed E-state index contributed by atoms with van der Waals surface area (Å²) < 4.78 is 40.9. The van der Waals surface area contributed by atoms with Crippen molar-refractivity contribution in [1.82, 2.24) is 14.6 Å². The molecule has 2 heterocycles. The van der Waals surface area contributed by atoms with Gasteiger partial charge in [0.05, 0.1) is 10.5 Å². The van der Waals surface area contributed by atoms with Gasteiger partial charge in [-0.2, -0.15) is 0 Å². The standard InChI is InChI=1S/C20H24FN3O3S2/c1-14-12-16(21)5-6-18(14)29(26,27)23-13-15-7-10-24(11-8-15)20(25)17-4-3-9-22-19(17)28-2/h3-6,9,12,15,23H,7-8,10-11,13H2,1-2H3. The largest absolute Gasteiger partial charge is 0.339 e. The Morgan fingerprint density at radius 1 is 1.31 bits per heavy atom. The topological polar surface area (TPSA) is 79.4 Å². The van der Waals surface area contributed by atoms with Crippen LogP contribution in [0.25, 0.3) is 0 Å². The van der Waals surface area contributed by atoms with Crippen molar-refractivity contribution >= 4 is 27.7 Å². The van der Waals surface area contributed by atoms with Crippen LogP contribution in [-0.4, -0.2) is 50.1 Å². The van der Waals surface area contributed by atoms with Crippen molar-refractivity contribution in [3.8, 4) is 0 Å². The van der Waals surface area contributed by atoms with Crippen LogP contribution in [0.3, 0.4) is 0 Å². The van der Waals surface area contributed by atoms with E-state index in [0.717, 1.165) is 6.07 Å². The van der Waals surface area contributed by atoms with Gasteiger partial charge in [0, 0.05) is 25.8 Å². The van der Waals surface area contributed by atoms with Crippen LogP contribution in [0.2, 0.25) is 0 Å². The minimum atomic E-state index is -3.70. The smallest absolute Gasteiger partial charge is 0.256 e. The van der Waals surface area contributed by atoms with Crippen molar-refractivity contribution in [3.05, 3.63) is 53.5 Å². The van der Waals surface area contributed by atoms with Gasteiger partial charge in [-0.1, -0.05) is 0 Å². The van der Waals surface area contributed by atoms with Gasteiger partial charge in [0.2, 0.25) is 10.0 Å². The first-order chi connectivity index (χ1) is 13.8. The number of nitrogens with zero attached hydrogens (tertiary/aromatic N) is 2. The molecule has 1 aromatic heterocycles. The third-order valence-electron chi connectivity index (χ3n) is 5.09. The number of aromatic nitrogens is 1. The van der Waals surface area contributed by atoms with Gasteiger partial charge in [-0.05, 0) is 67.8 Å². The number of halogens is 1. The minimum absolute atomic E-state index is 0.0385. The van der Waals surface area contributed by atoms with Crippen molar-refractivity contribution < 1.29 is 17.6 Å². The van der Waals surface area contributed by atoms with Crippen LogP contribution in [0.4, 0.5) is 4.39 Å². The normalized spacial score (nSPS) is 15.5. The molecule has 1 aliphatic heterocycles. The van der Waals surface area contributed by atoms with E-state index < -0.39 is 15.8 Å². The van der Waals surface area contributed by atoms with Crippen LogP contribution >= 0.6 is 11.8 Å². The second-order valence-corrected chi connectivity index (χ2v) is 9.59. The number of likely N-dealkylation sites (tertiary alicyclic amines) is 1. The Morgan fingerprint density at radius 3 is 2.69 bits per heavy atom. The van der Waals surface area contributed by atoms with Gasteiger partial charge in [-0.25, -0.2) is 22.5 Å². The summed E-state index contributed by atoms with van der Waals surface area (Å²) >= 11 is 1.44. The number of rotatable bonds is 6. The first kappa shape index (κ1) is 21.7. The third kappa shape index (κ3) is 5.15. The average molecular weight is 438 g/mol. The number of thioether (sulfide) groups is 1. The van der Waals surface area contributed by atoms with Crippen molar-refractivity contribution in [2.75, 3.05) is 25.9 Å². The van der Waals surface area contributed by atoms with Crippen LogP contribution in [0.5, 0.6) is 0 Å². The second-order valence-electron chi connectivity index (χ2n) is 7.06. The summed E-state index contributed by atoms with van der Waals surface area (Å²) in [4.78, 5) is 18.9. The maximum Gasteiger partial charge on any atom is 0.256 e. The summed E-state index contributed by atoms with van der Waals surface area (Å²) in [6.45, 7) is 3.01. The summed E-state index contributed by atoms with van der Waals surface area (Å²) in [6.07, 6.45) is 4.99. The zero-order chi connectivity index (χ0) is 21.0. The van der Waals surface area contributed by atoms with E-state index in [1.54, 1.807) is 30.2 Å². The van der Waals surface area contributed by atoms with Crippen LogP contribution in [0.1, 0.15) is 28.8 Å². The molecule has 1 fully saturated rings. The number of carbonyl (C=O) groups excluding carboxylic acids is 1. The van der Waals surface area contributed by atoms with E-state index in [0.29, 0.717) is 48.6 Å². The molecule has 3 rings (SSSR count). The Hall–Kier alpha value is -1.97. The number of nitrogens with one attached hydrogen (secondary N) is 1. The van der Waals surface area contributed by atoms with E-state index in [1.165, 1.54) is 23.9 Å². The maximum atomic E-state index is 13.2. The highest BCUT2D eigenvalue weighted by Crippen LogP contribution is 2.23. The number of piperidine rings is 1. The summed E-state index contributed by atoms with van der Waals surface area (Å²) in [5.74, 6) is -0.358. The van der Waals surface area contributed by atoms with Gasteiger partial charge in [0.25, 0.3) is 5.91 Å². The molecule has 1 aliphatic rings. The molecule has 1 aromatic carbocycles. The van der Waals surface area contributed by atoms with Gasteiger partial charge in [0.1, 0.15) is 10.8 Å². The molecule has 0 spiro atoms. The van der Waals surface area contributed by atoms with Crippen LogP contribution in [-0.2, 0) is 10.0 Å². The van der Waals surface area contributed by atoms with Gasteiger partial charge in [-0.3, -0.25) is 4.79 Å². The summed E-state index contributed by atoms with van der Waals surface area (Å²) in [6, 6.07) is 7.18. The molecule has 0 bridgehead atoms. The molecule has 2 aromatic rings. The molecule has 1 N–H and O–H groups in total. The average Bonchev–Trinajstić information content (AvgIpc) is 2.72. The lowest BCUT2D eigenvalue weighted by Gasteiger charge is -2.32. The SMILES string of the molecule is CSc1ncccc1C(=O)N1CCC(CNS(=O)(=O)c2ccc(F)cc2C)CC1. The van der Waals surface area contributed by atoms with Crippen LogP contribution in [0.15, 0.2) is 46.5 Å². The highest BCUT2D eigenvalue weighted by molar-refractivity contribution is 7.98. The summed E-state index contributed by atoms with van der Waals surface area (Å²) in [5, 5.41) is 0.710. The predicted octanol–water partition coefficient (Wildman–Crippen LogP) is 3.08. The number of hydrogen-bond acceptors (Lipinski definition) is 5. The van der Waals surface area contributed by atoms with E-state index in [1.807, 2.05) is 6.26 Å². The molecule has 0 aliphatic carbocycles. The van der Waals surface area contributed by atoms with Gasteiger partial charge < -0.3 is 4.90 Å². The van der Waals surface area contributed by atoms with E-state index in [9.17, 15) is 17.6 Å². The van der Waals surface area contributed by atoms with Crippen LogP contribution in [0, 0.1) is 18.7 Å². The van der Waals surface area contributed by atoms with E-state index in [2.05, 4.69) is 9.71 Å². The van der Waals surface area contributed by atoms with Gasteiger partial charge >= 0.3 is 0 Å². The number of carbonyl (C=O) groups is 1. The molecule has 9 heteroatoms. The molecule has 0 unspecified atom stereocenters. The summed E-state index contributed by atoms with van der Waals surface area (Å²) in [5.41, 5.74) is 0.977. The maximum absolute atomic E-state index is 13.2. The Balaban J connectivity index is 1.56. The molecule has 0 atom stereocenters. The third-order valence-corrected chi connectivity index (χ3v) is 7.38. The number of benzene rings is 1. The van der Waals surface area contributed by atoms with Gasteiger partial charge in [-0.15, -0.1) is 11.8 Å². The second kappa shape index (κ2) is 9.23. The number of aryl methyl sites for hydroxylation is 1. The molecule has 156 valence electrons. The first-order valence-corrected chi connectivity index (χ1v) is 12.1. The lowest BCUT2D eigenvalue weighted by Crippen LogP contribution is -2.41. The number of hydrogen-bond donors (Lipinski definition) is 1. The Kier molecular flexibility index (Phi) is 6.92. The number of sulfonamides is 1. The molecular formula is C20H24FN3O3S2. The molecule has 1 saturated heterocycles. The van der Waals surface area contributed by atoms with E-state index in [-0.39, 0.29) is 16.7 Å². The highest BCUT2D eigenvalue weighted by atomic mass is 32.2. The minimum Gasteiger partial charge on any atom is -0.339 e. The Morgan fingerprint density at radius 2 is 2.03 bits per heavy atom. The Bertz CT molecular complexity index is 990. The van der Waals surface area contributed by atoms with Crippen molar-refractivity contribution in [2.45, 2.75) is 29.7 Å². The first-order valence-electron chi connectivity index (χ1n) is 9.36. The quantitative estimate of drug-likeness (QED) is 0.703.